The van der Waals surface area contributed by atoms with Gasteiger partial charge in [0.05, 0.1) is 5.56 Å². The minimum atomic E-state index is -0.230. The lowest BCUT2D eigenvalue weighted by atomic mass is 9.92. The summed E-state index contributed by atoms with van der Waals surface area (Å²) < 4.78 is 21.5. The van der Waals surface area contributed by atoms with Gasteiger partial charge in [-0.3, -0.25) is 9.69 Å². The van der Waals surface area contributed by atoms with Crippen LogP contribution in [0.2, 0.25) is 0 Å². The molecule has 0 spiro atoms. The maximum Gasteiger partial charge on any atom is 0.255 e. The molecule has 1 aliphatic heterocycles. The first kappa shape index (κ1) is 29.0. The SMILES string of the molecule is COCOc1cc(OCOC)c(C(C)C)cc1C(=O)NCC(=S)CC1CCN(Cc2ccccc2)CC1. The lowest BCUT2D eigenvalue weighted by Crippen LogP contribution is -2.35. The summed E-state index contributed by atoms with van der Waals surface area (Å²) in [6.45, 7) is 7.73. The van der Waals surface area contributed by atoms with E-state index in [0.29, 0.717) is 29.5 Å². The predicted molar refractivity (Wildman–Crippen MR) is 150 cm³/mol. The first-order valence-corrected chi connectivity index (χ1v) is 13.3. The minimum Gasteiger partial charge on any atom is -0.467 e. The first-order valence-electron chi connectivity index (χ1n) is 12.9. The molecule has 8 heteroatoms. The number of ether oxygens (including phenoxy) is 4. The van der Waals surface area contributed by atoms with Crippen LogP contribution in [0, 0.1) is 5.92 Å². The van der Waals surface area contributed by atoms with Crippen LogP contribution in [0.5, 0.6) is 11.5 Å². The van der Waals surface area contributed by atoms with Gasteiger partial charge in [0.25, 0.3) is 5.91 Å². The van der Waals surface area contributed by atoms with Gasteiger partial charge in [0.1, 0.15) is 11.5 Å². The largest absolute Gasteiger partial charge is 0.467 e. The molecule has 2 aromatic rings. The van der Waals surface area contributed by atoms with E-state index in [1.165, 1.54) is 12.7 Å². The zero-order valence-corrected chi connectivity index (χ0v) is 23.3. The summed E-state index contributed by atoms with van der Waals surface area (Å²) in [5.41, 5.74) is 2.69. The van der Waals surface area contributed by atoms with E-state index in [0.717, 1.165) is 49.3 Å². The minimum absolute atomic E-state index is 0.0202. The van der Waals surface area contributed by atoms with Crippen molar-refractivity contribution in [3.8, 4) is 11.5 Å². The van der Waals surface area contributed by atoms with E-state index in [4.69, 9.17) is 31.2 Å². The summed E-state index contributed by atoms with van der Waals surface area (Å²) >= 11 is 5.66. The van der Waals surface area contributed by atoms with Crippen molar-refractivity contribution in [1.29, 1.82) is 0 Å². The molecule has 37 heavy (non-hydrogen) atoms. The molecule has 0 aliphatic carbocycles. The van der Waals surface area contributed by atoms with Gasteiger partial charge in [-0.15, -0.1) is 0 Å². The number of likely N-dealkylation sites (tertiary alicyclic amines) is 1. The molecule has 0 saturated carbocycles. The van der Waals surface area contributed by atoms with Crippen LogP contribution < -0.4 is 14.8 Å². The fourth-order valence-corrected chi connectivity index (χ4v) is 4.86. The highest BCUT2D eigenvalue weighted by Gasteiger charge is 2.22. The zero-order valence-electron chi connectivity index (χ0n) is 22.5. The third-order valence-corrected chi connectivity index (χ3v) is 6.87. The molecule has 1 N–H and O–H groups in total. The maximum absolute atomic E-state index is 13.2. The van der Waals surface area contributed by atoms with E-state index in [9.17, 15) is 4.79 Å². The Morgan fingerprint density at radius 1 is 1.03 bits per heavy atom. The first-order chi connectivity index (χ1) is 17.9. The van der Waals surface area contributed by atoms with Crippen LogP contribution in [0.1, 0.15) is 60.5 Å². The van der Waals surface area contributed by atoms with E-state index in [1.54, 1.807) is 13.2 Å². The summed E-state index contributed by atoms with van der Waals surface area (Å²) in [4.78, 5) is 16.6. The van der Waals surface area contributed by atoms with Crippen molar-refractivity contribution in [1.82, 2.24) is 10.2 Å². The zero-order chi connectivity index (χ0) is 26.6. The second-order valence-electron chi connectivity index (χ2n) is 9.77. The highest BCUT2D eigenvalue weighted by atomic mass is 32.1. The van der Waals surface area contributed by atoms with E-state index in [-0.39, 0.29) is 25.4 Å². The van der Waals surface area contributed by atoms with E-state index >= 15 is 0 Å². The van der Waals surface area contributed by atoms with E-state index < -0.39 is 0 Å². The quantitative estimate of drug-likeness (QED) is 0.268. The van der Waals surface area contributed by atoms with Gasteiger partial charge in [0.2, 0.25) is 0 Å². The standard InChI is InChI=1S/C29H40N2O5S/c1-21(2)25-15-26(28(36-20-34-4)16-27(25)35-19-33-3)29(32)30-17-24(37)14-22-10-12-31(13-11-22)18-23-8-6-5-7-9-23/h5-9,15-16,21-22H,10-14,17-20H2,1-4H3,(H,30,32). The van der Waals surface area contributed by atoms with Gasteiger partial charge >= 0.3 is 0 Å². The molecule has 1 saturated heterocycles. The molecule has 202 valence electrons. The highest BCUT2D eigenvalue weighted by Crippen LogP contribution is 2.34. The fourth-order valence-electron chi connectivity index (χ4n) is 4.55. The van der Waals surface area contributed by atoms with Crippen LogP contribution in [-0.4, -0.2) is 63.1 Å². The molecule has 1 amide bonds. The molecule has 1 fully saturated rings. The van der Waals surface area contributed by atoms with Crippen molar-refractivity contribution < 1.29 is 23.7 Å². The molecular formula is C29H40N2O5S. The number of carbonyl (C=O) groups is 1. The molecule has 0 radical (unpaired) electrons. The van der Waals surface area contributed by atoms with Gasteiger partial charge < -0.3 is 24.3 Å². The van der Waals surface area contributed by atoms with Gasteiger partial charge in [-0.25, -0.2) is 0 Å². The van der Waals surface area contributed by atoms with Crippen LogP contribution in [0.25, 0.3) is 0 Å². The summed E-state index contributed by atoms with van der Waals surface area (Å²) in [7, 11) is 3.10. The summed E-state index contributed by atoms with van der Waals surface area (Å²) in [6.07, 6.45) is 3.09. The van der Waals surface area contributed by atoms with Crippen LogP contribution in [0.3, 0.4) is 0 Å². The number of amides is 1. The van der Waals surface area contributed by atoms with Crippen molar-refractivity contribution in [2.24, 2.45) is 5.92 Å². The Kier molecular flexibility index (Phi) is 11.8. The molecule has 1 aliphatic rings. The van der Waals surface area contributed by atoms with Crippen LogP contribution in [0.4, 0.5) is 0 Å². The number of methoxy groups -OCH3 is 2. The van der Waals surface area contributed by atoms with E-state index in [2.05, 4.69) is 40.5 Å². The van der Waals surface area contributed by atoms with Crippen molar-refractivity contribution in [3.05, 3.63) is 59.2 Å². The van der Waals surface area contributed by atoms with Crippen molar-refractivity contribution in [2.75, 3.05) is 47.4 Å². The topological polar surface area (TPSA) is 69.3 Å². The number of carbonyl (C=O) groups excluding carboxylic acids is 1. The molecule has 7 nitrogen and oxygen atoms in total. The average Bonchev–Trinajstić information content (AvgIpc) is 2.90. The predicted octanol–water partition coefficient (Wildman–Crippen LogP) is 5.18. The average molecular weight is 529 g/mol. The number of rotatable bonds is 14. The van der Waals surface area contributed by atoms with Gasteiger partial charge in [-0.2, -0.15) is 0 Å². The van der Waals surface area contributed by atoms with Crippen molar-refractivity contribution in [2.45, 2.75) is 45.6 Å². The molecule has 2 aromatic carbocycles. The Balaban J connectivity index is 1.55. The van der Waals surface area contributed by atoms with Gasteiger partial charge in [-0.1, -0.05) is 56.4 Å². The molecule has 0 unspecified atom stereocenters. The number of thiocarbonyl (C=S) groups is 1. The molecule has 0 atom stereocenters. The molecule has 1 heterocycles. The number of hydrogen-bond acceptors (Lipinski definition) is 7. The fraction of sp³-hybridized carbons (Fsp3) is 0.517. The van der Waals surface area contributed by atoms with Gasteiger partial charge in [0.15, 0.2) is 13.6 Å². The Labute approximate surface area is 226 Å². The number of hydrogen-bond donors (Lipinski definition) is 1. The number of benzene rings is 2. The Morgan fingerprint density at radius 2 is 1.68 bits per heavy atom. The van der Waals surface area contributed by atoms with Crippen LogP contribution in [0.15, 0.2) is 42.5 Å². The molecule has 0 aromatic heterocycles. The summed E-state index contributed by atoms with van der Waals surface area (Å²) in [5, 5.41) is 3.00. The molecule has 0 bridgehead atoms. The van der Waals surface area contributed by atoms with Gasteiger partial charge in [-0.05, 0) is 61.4 Å². The summed E-state index contributed by atoms with van der Waals surface area (Å²) in [6, 6.07) is 14.1. The second kappa shape index (κ2) is 15.0. The third-order valence-electron chi connectivity index (χ3n) is 6.56. The molecular weight excluding hydrogens is 488 g/mol. The number of piperidine rings is 1. The maximum atomic E-state index is 13.2. The number of nitrogens with one attached hydrogen (secondary N) is 1. The lowest BCUT2D eigenvalue weighted by molar-refractivity contribution is 0.0449. The van der Waals surface area contributed by atoms with Crippen molar-refractivity contribution in [3.63, 3.8) is 0 Å². The second-order valence-corrected chi connectivity index (χ2v) is 10.4. The Bertz CT molecular complexity index is 1010. The summed E-state index contributed by atoms with van der Waals surface area (Å²) in [5.74, 6) is 1.48. The Hall–Kier alpha value is -2.52. The van der Waals surface area contributed by atoms with Crippen molar-refractivity contribution >= 4 is 23.0 Å². The third kappa shape index (κ3) is 9.07. The van der Waals surface area contributed by atoms with Crippen LogP contribution in [-0.2, 0) is 16.0 Å². The normalized spacial score (nSPS) is 14.5. The lowest BCUT2D eigenvalue weighted by Gasteiger charge is -2.32. The monoisotopic (exact) mass is 528 g/mol. The smallest absolute Gasteiger partial charge is 0.255 e. The van der Waals surface area contributed by atoms with E-state index in [1.807, 2.05) is 19.9 Å². The number of nitrogens with zero attached hydrogens (tertiary/aromatic N) is 1. The Morgan fingerprint density at radius 3 is 2.30 bits per heavy atom. The van der Waals surface area contributed by atoms with Gasteiger partial charge in [0, 0.05) is 38.2 Å². The van der Waals surface area contributed by atoms with Crippen LogP contribution >= 0.6 is 12.2 Å². The highest BCUT2D eigenvalue weighted by molar-refractivity contribution is 7.80. The molecule has 3 rings (SSSR count).